The molecule has 0 rings (SSSR count). The van der Waals surface area contributed by atoms with Gasteiger partial charge in [-0.2, -0.15) is 0 Å². The molecule has 0 saturated carbocycles. The first-order valence-electron chi connectivity index (χ1n) is 7.91. The average Bonchev–Trinajstić information content (AvgIpc) is 2.43. The predicted molar refractivity (Wildman–Crippen MR) is 79.3 cm³/mol. The first-order valence-corrected chi connectivity index (χ1v) is 7.91. The van der Waals surface area contributed by atoms with Gasteiger partial charge in [0.05, 0.1) is 19.1 Å². The van der Waals surface area contributed by atoms with Crippen LogP contribution in [0.4, 0.5) is 0 Å². The van der Waals surface area contributed by atoms with Crippen LogP contribution in [0.25, 0.3) is 0 Å². The Hall–Kier alpha value is -1.06. The van der Waals surface area contributed by atoms with Crippen molar-refractivity contribution in [1.29, 1.82) is 0 Å². The van der Waals surface area contributed by atoms with Crippen molar-refractivity contribution in [1.82, 2.24) is 0 Å². The van der Waals surface area contributed by atoms with Crippen LogP contribution in [0, 0.1) is 11.8 Å². The van der Waals surface area contributed by atoms with Gasteiger partial charge >= 0.3 is 11.9 Å². The van der Waals surface area contributed by atoms with Gasteiger partial charge in [-0.25, -0.2) is 0 Å². The third kappa shape index (κ3) is 8.18. The lowest BCUT2D eigenvalue weighted by atomic mass is 9.89. The van der Waals surface area contributed by atoms with Crippen LogP contribution in [0.3, 0.4) is 0 Å². The Labute approximate surface area is 123 Å². The van der Waals surface area contributed by atoms with Crippen LogP contribution in [-0.4, -0.2) is 25.2 Å². The summed E-state index contributed by atoms with van der Waals surface area (Å²) in [5.74, 6) is 0.258. The maximum absolute atomic E-state index is 11.7. The molecular formula is C16H30O4. The number of hydrogen-bond donors (Lipinski definition) is 0. The molecule has 0 aliphatic heterocycles. The number of esters is 2. The van der Waals surface area contributed by atoms with Crippen molar-refractivity contribution in [3.05, 3.63) is 0 Å². The Morgan fingerprint density at radius 2 is 1.50 bits per heavy atom. The summed E-state index contributed by atoms with van der Waals surface area (Å²) in [7, 11) is 0. The molecule has 4 heteroatoms. The summed E-state index contributed by atoms with van der Waals surface area (Å²) >= 11 is 0. The molecule has 20 heavy (non-hydrogen) atoms. The SMILES string of the molecule is CCOC(=O)CCC(CC)CCC(CC)C(=O)OCC. The van der Waals surface area contributed by atoms with Gasteiger partial charge in [0, 0.05) is 6.42 Å². The quantitative estimate of drug-likeness (QED) is 0.543. The second kappa shape index (κ2) is 11.7. The van der Waals surface area contributed by atoms with Crippen molar-refractivity contribution < 1.29 is 19.1 Å². The van der Waals surface area contributed by atoms with E-state index in [1.54, 1.807) is 0 Å². The minimum absolute atomic E-state index is 0.00778. The van der Waals surface area contributed by atoms with Crippen molar-refractivity contribution in [2.45, 2.75) is 66.2 Å². The Bertz CT molecular complexity index is 276. The van der Waals surface area contributed by atoms with Gasteiger partial charge in [-0.05, 0) is 45.4 Å². The lowest BCUT2D eigenvalue weighted by Gasteiger charge is -2.18. The van der Waals surface area contributed by atoms with Crippen molar-refractivity contribution in [3.8, 4) is 0 Å². The molecule has 118 valence electrons. The summed E-state index contributed by atoms with van der Waals surface area (Å²) in [6, 6.07) is 0. The molecule has 0 aromatic carbocycles. The van der Waals surface area contributed by atoms with Crippen LogP contribution in [-0.2, 0) is 19.1 Å². The van der Waals surface area contributed by atoms with E-state index in [-0.39, 0.29) is 17.9 Å². The van der Waals surface area contributed by atoms with Crippen molar-refractivity contribution >= 4 is 11.9 Å². The molecular weight excluding hydrogens is 256 g/mol. The maximum atomic E-state index is 11.7. The smallest absolute Gasteiger partial charge is 0.308 e. The van der Waals surface area contributed by atoms with Gasteiger partial charge in [0.2, 0.25) is 0 Å². The van der Waals surface area contributed by atoms with E-state index in [0.717, 1.165) is 32.1 Å². The lowest BCUT2D eigenvalue weighted by Crippen LogP contribution is -2.18. The zero-order valence-electron chi connectivity index (χ0n) is 13.4. The molecule has 0 saturated heterocycles. The highest BCUT2D eigenvalue weighted by Gasteiger charge is 2.19. The number of rotatable bonds is 11. The van der Waals surface area contributed by atoms with Crippen LogP contribution >= 0.6 is 0 Å². The molecule has 0 N–H and O–H groups in total. The van der Waals surface area contributed by atoms with Gasteiger partial charge in [0.1, 0.15) is 0 Å². The van der Waals surface area contributed by atoms with Crippen molar-refractivity contribution in [2.24, 2.45) is 11.8 Å². The van der Waals surface area contributed by atoms with Crippen LogP contribution < -0.4 is 0 Å². The van der Waals surface area contributed by atoms with Gasteiger partial charge in [0.25, 0.3) is 0 Å². The maximum Gasteiger partial charge on any atom is 0.308 e. The van der Waals surface area contributed by atoms with E-state index < -0.39 is 0 Å². The third-order valence-electron chi connectivity index (χ3n) is 3.68. The topological polar surface area (TPSA) is 52.6 Å². The average molecular weight is 286 g/mol. The molecule has 2 unspecified atom stereocenters. The molecule has 0 amide bonds. The molecule has 0 radical (unpaired) electrons. The number of carbonyl (C=O) groups excluding carboxylic acids is 2. The molecule has 2 atom stereocenters. The molecule has 0 aromatic rings. The molecule has 0 aliphatic rings. The fraction of sp³-hybridized carbons (Fsp3) is 0.875. The number of hydrogen-bond acceptors (Lipinski definition) is 4. The van der Waals surface area contributed by atoms with E-state index in [1.807, 2.05) is 20.8 Å². The molecule has 4 nitrogen and oxygen atoms in total. The summed E-state index contributed by atoms with van der Waals surface area (Å²) in [5.41, 5.74) is 0. The zero-order valence-corrected chi connectivity index (χ0v) is 13.4. The number of carbonyl (C=O) groups is 2. The molecule has 0 fully saturated rings. The van der Waals surface area contributed by atoms with Gasteiger partial charge < -0.3 is 9.47 Å². The number of ether oxygens (including phenoxy) is 2. The van der Waals surface area contributed by atoms with E-state index in [0.29, 0.717) is 25.6 Å². The van der Waals surface area contributed by atoms with Gasteiger partial charge in [-0.3, -0.25) is 9.59 Å². The van der Waals surface area contributed by atoms with Gasteiger partial charge in [-0.15, -0.1) is 0 Å². The Morgan fingerprint density at radius 1 is 0.850 bits per heavy atom. The monoisotopic (exact) mass is 286 g/mol. The second-order valence-electron chi connectivity index (χ2n) is 5.05. The summed E-state index contributed by atoms with van der Waals surface area (Å²) in [6.07, 6.45) is 4.97. The van der Waals surface area contributed by atoms with Crippen molar-refractivity contribution in [3.63, 3.8) is 0 Å². The highest BCUT2D eigenvalue weighted by molar-refractivity contribution is 5.72. The first-order chi connectivity index (χ1) is 9.58. The molecule has 0 heterocycles. The van der Waals surface area contributed by atoms with Crippen LogP contribution in [0.2, 0.25) is 0 Å². The summed E-state index contributed by atoms with van der Waals surface area (Å²) in [4.78, 5) is 23.1. The van der Waals surface area contributed by atoms with Crippen LogP contribution in [0.1, 0.15) is 66.2 Å². The van der Waals surface area contributed by atoms with E-state index in [1.165, 1.54) is 0 Å². The minimum Gasteiger partial charge on any atom is -0.466 e. The van der Waals surface area contributed by atoms with E-state index in [9.17, 15) is 9.59 Å². The van der Waals surface area contributed by atoms with E-state index in [2.05, 4.69) is 6.92 Å². The van der Waals surface area contributed by atoms with Crippen LogP contribution in [0.15, 0.2) is 0 Å². The second-order valence-corrected chi connectivity index (χ2v) is 5.05. The molecule has 0 bridgehead atoms. The third-order valence-corrected chi connectivity index (χ3v) is 3.68. The predicted octanol–water partition coefficient (Wildman–Crippen LogP) is 3.73. The Kier molecular flexibility index (Phi) is 11.1. The highest BCUT2D eigenvalue weighted by atomic mass is 16.5. The van der Waals surface area contributed by atoms with E-state index >= 15 is 0 Å². The lowest BCUT2D eigenvalue weighted by molar-refractivity contribution is -0.148. The summed E-state index contributed by atoms with van der Waals surface area (Å²) in [5, 5.41) is 0. The Balaban J connectivity index is 4.09. The van der Waals surface area contributed by atoms with E-state index in [4.69, 9.17) is 9.47 Å². The molecule has 0 aromatic heterocycles. The standard InChI is InChI=1S/C16H30O4/c1-5-13(10-12-15(17)19-7-3)9-11-14(6-2)16(18)20-8-4/h13-14H,5-12H2,1-4H3. The summed E-state index contributed by atoms with van der Waals surface area (Å²) < 4.78 is 10.0. The normalized spacial score (nSPS) is 13.6. The fourth-order valence-corrected chi connectivity index (χ4v) is 2.29. The highest BCUT2D eigenvalue weighted by Crippen LogP contribution is 2.23. The van der Waals surface area contributed by atoms with Gasteiger partial charge in [0.15, 0.2) is 0 Å². The minimum atomic E-state index is -0.122. The first kappa shape index (κ1) is 18.9. The molecule has 0 spiro atoms. The molecule has 0 aliphatic carbocycles. The summed E-state index contributed by atoms with van der Waals surface area (Å²) in [6.45, 7) is 8.67. The van der Waals surface area contributed by atoms with Crippen molar-refractivity contribution in [2.75, 3.05) is 13.2 Å². The van der Waals surface area contributed by atoms with Crippen LogP contribution in [0.5, 0.6) is 0 Å². The fourth-order valence-electron chi connectivity index (χ4n) is 2.29. The zero-order chi connectivity index (χ0) is 15.4. The Morgan fingerprint density at radius 3 is 2.00 bits per heavy atom. The largest absolute Gasteiger partial charge is 0.466 e. The van der Waals surface area contributed by atoms with Gasteiger partial charge in [-0.1, -0.05) is 20.3 Å².